The molecule has 100 valence electrons. The lowest BCUT2D eigenvalue weighted by atomic mass is 10.3. The van der Waals surface area contributed by atoms with Gasteiger partial charge in [-0.05, 0) is 19.1 Å². The van der Waals surface area contributed by atoms with Crippen LogP contribution in [0.5, 0.6) is 5.75 Å². The van der Waals surface area contributed by atoms with Gasteiger partial charge in [-0.1, -0.05) is 25.4 Å². The van der Waals surface area contributed by atoms with Crippen LogP contribution < -0.4 is 4.74 Å². The van der Waals surface area contributed by atoms with Gasteiger partial charge in [0, 0.05) is 12.1 Å². The van der Waals surface area contributed by atoms with Crippen molar-refractivity contribution in [2.45, 2.75) is 26.3 Å². The van der Waals surface area contributed by atoms with E-state index in [0.717, 1.165) is 0 Å². The molecule has 6 nitrogen and oxygen atoms in total. The quantitative estimate of drug-likeness (QED) is 0.276. The van der Waals surface area contributed by atoms with E-state index in [0.29, 0.717) is 0 Å². The van der Waals surface area contributed by atoms with Crippen molar-refractivity contribution in [3.05, 3.63) is 34.4 Å². The van der Waals surface area contributed by atoms with E-state index >= 15 is 0 Å². The molecule has 7 heteroatoms. The first kappa shape index (κ1) is 16.2. The van der Waals surface area contributed by atoms with Crippen molar-refractivity contribution in [3.63, 3.8) is 0 Å². The van der Waals surface area contributed by atoms with Crippen LogP contribution in [-0.2, 0) is 4.74 Å². The Kier molecular flexibility index (Phi) is 7.46. The second-order valence-electron chi connectivity index (χ2n) is 2.76. The van der Waals surface area contributed by atoms with Crippen LogP contribution in [0, 0.1) is 10.1 Å². The Labute approximate surface area is 110 Å². The van der Waals surface area contributed by atoms with Gasteiger partial charge in [0.1, 0.15) is 5.75 Å². The van der Waals surface area contributed by atoms with E-state index in [-0.39, 0.29) is 11.4 Å². The Morgan fingerprint density at radius 3 is 2.22 bits per heavy atom. The molecule has 18 heavy (non-hydrogen) atoms. The number of carbonyl (C=O) groups excluding carboxylic acids is 1. The highest BCUT2D eigenvalue weighted by atomic mass is 35.5. The number of ether oxygens (including phenoxy) is 2. The number of rotatable bonds is 3. The van der Waals surface area contributed by atoms with Crippen LogP contribution in [-0.4, -0.2) is 16.6 Å². The van der Waals surface area contributed by atoms with Gasteiger partial charge < -0.3 is 9.47 Å². The highest BCUT2D eigenvalue weighted by Crippen LogP contribution is 2.17. The van der Waals surface area contributed by atoms with Gasteiger partial charge in [0.05, 0.1) is 4.92 Å². The number of halogens is 1. The lowest BCUT2D eigenvalue weighted by molar-refractivity contribution is -0.384. The molecule has 0 aliphatic heterocycles. The highest BCUT2D eigenvalue weighted by Gasteiger charge is 2.10. The van der Waals surface area contributed by atoms with E-state index in [9.17, 15) is 14.9 Å². The minimum Gasteiger partial charge on any atom is -0.415 e. The summed E-state index contributed by atoms with van der Waals surface area (Å²) in [7, 11) is 0. The smallest absolute Gasteiger partial charge is 0.415 e. The molecule has 0 saturated carbocycles. The summed E-state index contributed by atoms with van der Waals surface area (Å²) in [6.45, 7) is 5.46. The number of carbonyl (C=O) groups is 1. The number of nitrogens with zero attached hydrogens (tertiary/aromatic N) is 1. The first-order valence-corrected chi connectivity index (χ1v) is 5.69. The number of benzene rings is 1. The Hall–Kier alpha value is -1.82. The van der Waals surface area contributed by atoms with Crippen LogP contribution in [0.4, 0.5) is 10.5 Å². The van der Waals surface area contributed by atoms with Gasteiger partial charge >= 0.3 is 6.16 Å². The molecule has 0 spiro atoms. The molecule has 0 radical (unpaired) electrons. The topological polar surface area (TPSA) is 78.7 Å². The molecule has 0 aromatic heterocycles. The molecular formula is C11H14ClNO5. The summed E-state index contributed by atoms with van der Waals surface area (Å²) in [5.41, 5.74) is -0.892. The number of hydrogen-bond acceptors (Lipinski definition) is 5. The molecule has 1 aromatic rings. The van der Waals surface area contributed by atoms with E-state index < -0.39 is 16.6 Å². The van der Waals surface area contributed by atoms with Gasteiger partial charge in [-0.25, -0.2) is 4.79 Å². The number of non-ortho nitro benzene ring substituents is 1. The molecular weight excluding hydrogens is 262 g/mol. The monoisotopic (exact) mass is 275 g/mol. The van der Waals surface area contributed by atoms with Crippen LogP contribution >= 0.6 is 11.6 Å². The van der Waals surface area contributed by atoms with Gasteiger partial charge in [-0.3, -0.25) is 10.1 Å². The number of nitro benzene ring substituents is 1. The third kappa shape index (κ3) is 6.05. The zero-order chi connectivity index (χ0) is 14.1. The molecule has 0 N–H and O–H groups in total. The van der Waals surface area contributed by atoms with Crippen LogP contribution in [0.2, 0.25) is 0 Å². The van der Waals surface area contributed by atoms with E-state index in [1.807, 2.05) is 13.8 Å². The van der Waals surface area contributed by atoms with Gasteiger partial charge in [0.15, 0.2) is 5.56 Å². The second-order valence-corrected chi connectivity index (χ2v) is 3.38. The minimum atomic E-state index is -0.962. The summed E-state index contributed by atoms with van der Waals surface area (Å²) in [6, 6.07) is 5.01. The molecule has 0 aliphatic rings. The normalized spacial score (nSPS) is 10.7. The van der Waals surface area contributed by atoms with Crippen molar-refractivity contribution in [2.75, 3.05) is 0 Å². The predicted octanol–water partition coefficient (Wildman–Crippen LogP) is 3.72. The second kappa shape index (κ2) is 8.30. The minimum absolute atomic E-state index is 0.0913. The average Bonchev–Trinajstić information content (AvgIpc) is 2.31. The molecule has 0 bridgehead atoms. The maximum absolute atomic E-state index is 11.0. The predicted molar refractivity (Wildman–Crippen MR) is 66.9 cm³/mol. The molecule has 1 unspecified atom stereocenters. The van der Waals surface area contributed by atoms with Crippen molar-refractivity contribution in [1.82, 2.24) is 0 Å². The number of nitro groups is 1. The van der Waals surface area contributed by atoms with E-state index in [2.05, 4.69) is 4.74 Å². The zero-order valence-corrected chi connectivity index (χ0v) is 11.0. The van der Waals surface area contributed by atoms with Crippen molar-refractivity contribution in [2.24, 2.45) is 0 Å². The largest absolute Gasteiger partial charge is 0.515 e. The molecule has 0 fully saturated rings. The Morgan fingerprint density at radius 1 is 1.33 bits per heavy atom. The Morgan fingerprint density at radius 2 is 1.83 bits per heavy atom. The third-order valence-electron chi connectivity index (χ3n) is 1.51. The maximum atomic E-state index is 11.0. The molecule has 0 aliphatic carbocycles. The summed E-state index contributed by atoms with van der Waals surface area (Å²) in [5, 5.41) is 10.3. The molecule has 1 atom stereocenters. The Balaban J connectivity index is 0.00000137. The molecule has 0 amide bonds. The van der Waals surface area contributed by atoms with Crippen molar-refractivity contribution in [3.8, 4) is 5.75 Å². The van der Waals surface area contributed by atoms with Crippen LogP contribution in [0.3, 0.4) is 0 Å². The third-order valence-corrected chi connectivity index (χ3v) is 1.60. The fourth-order valence-corrected chi connectivity index (χ4v) is 0.962. The van der Waals surface area contributed by atoms with E-state index in [1.165, 1.54) is 31.2 Å². The summed E-state index contributed by atoms with van der Waals surface area (Å²) >= 11 is 5.39. The number of hydrogen-bond donors (Lipinski definition) is 0. The molecule has 1 aromatic carbocycles. The van der Waals surface area contributed by atoms with E-state index in [1.54, 1.807) is 0 Å². The molecule has 1 rings (SSSR count). The fraction of sp³-hybridized carbons (Fsp3) is 0.364. The van der Waals surface area contributed by atoms with Gasteiger partial charge in [-0.2, -0.15) is 0 Å². The summed E-state index contributed by atoms with van der Waals surface area (Å²) in [6.07, 6.45) is -0.962. The molecule has 0 heterocycles. The maximum Gasteiger partial charge on any atom is 0.515 e. The Bertz CT molecular complexity index is 391. The first-order chi connectivity index (χ1) is 8.49. The van der Waals surface area contributed by atoms with Crippen LogP contribution in [0.15, 0.2) is 24.3 Å². The van der Waals surface area contributed by atoms with Gasteiger partial charge in [0.2, 0.25) is 0 Å². The van der Waals surface area contributed by atoms with Gasteiger partial charge in [-0.15, -0.1) is 0 Å². The summed E-state index contributed by atoms with van der Waals surface area (Å²) in [4.78, 5) is 20.8. The standard InChI is InChI=1S/C9H8ClNO5.C2H6/c1-6(10)15-9(12)16-8-4-2-7(3-5-8)11(13)14;1-2/h2-6H,1H3;1-2H3. The zero-order valence-electron chi connectivity index (χ0n) is 10.3. The van der Waals surface area contributed by atoms with Gasteiger partial charge in [0.25, 0.3) is 5.69 Å². The lowest BCUT2D eigenvalue weighted by Crippen LogP contribution is -2.14. The molecule has 0 saturated heterocycles. The van der Waals surface area contributed by atoms with Crippen LogP contribution in [0.25, 0.3) is 0 Å². The van der Waals surface area contributed by atoms with E-state index in [4.69, 9.17) is 16.3 Å². The average molecular weight is 276 g/mol. The van der Waals surface area contributed by atoms with Crippen molar-refractivity contribution >= 4 is 23.4 Å². The van der Waals surface area contributed by atoms with Crippen molar-refractivity contribution < 1.29 is 19.2 Å². The summed E-state index contributed by atoms with van der Waals surface area (Å²) in [5.74, 6) is 0.146. The highest BCUT2D eigenvalue weighted by molar-refractivity contribution is 6.19. The number of alkyl halides is 1. The SMILES string of the molecule is CC.CC(Cl)OC(=O)Oc1ccc([N+](=O)[O-])cc1. The first-order valence-electron chi connectivity index (χ1n) is 5.26. The van der Waals surface area contributed by atoms with Crippen LogP contribution in [0.1, 0.15) is 20.8 Å². The lowest BCUT2D eigenvalue weighted by Gasteiger charge is -2.06. The fourth-order valence-electron chi connectivity index (χ4n) is 0.889. The summed E-state index contributed by atoms with van der Waals surface area (Å²) < 4.78 is 9.19. The van der Waals surface area contributed by atoms with Crippen molar-refractivity contribution in [1.29, 1.82) is 0 Å².